The van der Waals surface area contributed by atoms with Gasteiger partial charge in [-0.25, -0.2) is 4.98 Å². The minimum atomic E-state index is 0.634. The average molecular weight is 440 g/mol. The van der Waals surface area contributed by atoms with Gasteiger partial charge in [-0.05, 0) is 55.5 Å². The van der Waals surface area contributed by atoms with Gasteiger partial charge in [0.25, 0.3) is 0 Å². The van der Waals surface area contributed by atoms with Crippen LogP contribution in [0, 0.1) is 6.92 Å². The van der Waals surface area contributed by atoms with Gasteiger partial charge in [0, 0.05) is 65.1 Å². The number of aromatic nitrogens is 1. The Balaban J connectivity index is 1.53. The maximum absolute atomic E-state index is 5.99. The Bertz CT molecular complexity index is 865. The number of piperidine rings is 1. The van der Waals surface area contributed by atoms with Crippen molar-refractivity contribution < 1.29 is 9.47 Å². The van der Waals surface area contributed by atoms with E-state index in [1.165, 1.54) is 30.4 Å². The van der Waals surface area contributed by atoms with Crippen LogP contribution in [0.1, 0.15) is 42.4 Å². The first-order valence-corrected chi connectivity index (χ1v) is 11.6. The molecule has 1 saturated heterocycles. The Morgan fingerprint density at radius 2 is 1.88 bits per heavy atom. The summed E-state index contributed by atoms with van der Waals surface area (Å²) in [5.41, 5.74) is 3.48. The van der Waals surface area contributed by atoms with Crippen LogP contribution < -0.4 is 20.3 Å². The van der Waals surface area contributed by atoms with Crippen LogP contribution in [-0.4, -0.2) is 51.4 Å². The van der Waals surface area contributed by atoms with Crippen LogP contribution in [0.25, 0.3) is 0 Å². The number of nitrogens with one attached hydrogen (secondary N) is 2. The lowest BCUT2D eigenvalue weighted by molar-refractivity contribution is 0.171. The number of anilines is 1. The second-order valence-electron chi connectivity index (χ2n) is 8.16. The molecule has 2 heterocycles. The third-order valence-corrected chi connectivity index (χ3v) is 5.59. The number of hydrogen-bond donors (Lipinski definition) is 2. The van der Waals surface area contributed by atoms with E-state index in [4.69, 9.17) is 9.47 Å². The van der Waals surface area contributed by atoms with Crippen molar-refractivity contribution in [3.05, 3.63) is 53.2 Å². The van der Waals surface area contributed by atoms with E-state index < -0.39 is 0 Å². The van der Waals surface area contributed by atoms with E-state index in [0.29, 0.717) is 26.3 Å². The molecule has 1 aliphatic heterocycles. The minimum Gasteiger partial charge on any atom is -0.493 e. The molecule has 1 fully saturated rings. The van der Waals surface area contributed by atoms with Crippen molar-refractivity contribution in [2.75, 3.05) is 45.4 Å². The molecule has 1 aliphatic rings. The third-order valence-electron chi connectivity index (χ3n) is 5.59. The number of aryl methyl sites for hydroxylation is 1. The molecule has 7 nitrogen and oxygen atoms in total. The summed E-state index contributed by atoms with van der Waals surface area (Å²) in [6, 6.07) is 10.5. The van der Waals surface area contributed by atoms with Crippen LogP contribution in [0.3, 0.4) is 0 Å². The Morgan fingerprint density at radius 3 is 2.66 bits per heavy atom. The summed E-state index contributed by atoms with van der Waals surface area (Å²) >= 11 is 0. The summed E-state index contributed by atoms with van der Waals surface area (Å²) in [7, 11) is 3.50. The van der Waals surface area contributed by atoms with Crippen molar-refractivity contribution in [3.8, 4) is 5.75 Å². The van der Waals surface area contributed by atoms with E-state index in [1.54, 1.807) is 14.2 Å². The molecule has 32 heavy (non-hydrogen) atoms. The second-order valence-corrected chi connectivity index (χ2v) is 8.16. The SMILES string of the molecule is CN=C(NCc1ccnc(N2CCCCC2)c1)NCc1ccc(C)cc1OCCCOC. The fraction of sp³-hybridized carbons (Fsp3) is 0.520. The van der Waals surface area contributed by atoms with Gasteiger partial charge in [-0.15, -0.1) is 0 Å². The molecule has 1 aromatic heterocycles. The molecule has 0 bridgehead atoms. The van der Waals surface area contributed by atoms with Crippen molar-refractivity contribution in [2.24, 2.45) is 4.99 Å². The number of hydrogen-bond acceptors (Lipinski definition) is 5. The molecule has 2 aromatic rings. The molecular weight excluding hydrogens is 402 g/mol. The van der Waals surface area contributed by atoms with E-state index in [2.05, 4.69) is 62.8 Å². The van der Waals surface area contributed by atoms with E-state index in [0.717, 1.165) is 42.6 Å². The molecule has 0 aliphatic carbocycles. The monoisotopic (exact) mass is 439 g/mol. The first kappa shape index (κ1) is 23.9. The van der Waals surface area contributed by atoms with Crippen molar-refractivity contribution >= 4 is 11.8 Å². The predicted octanol–water partition coefficient (Wildman–Crippen LogP) is 3.66. The standard InChI is InChI=1S/C25H37N5O2/c1-20-8-9-22(23(16-20)32-15-7-14-31-3)19-29-25(26-2)28-18-21-10-11-27-24(17-21)30-12-5-4-6-13-30/h8-11,16-17H,4-7,12-15,18-19H2,1-3H3,(H2,26,28,29). The Kier molecular flexibility index (Phi) is 9.62. The summed E-state index contributed by atoms with van der Waals surface area (Å²) in [4.78, 5) is 11.3. The van der Waals surface area contributed by atoms with Crippen LogP contribution in [0.4, 0.5) is 5.82 Å². The van der Waals surface area contributed by atoms with Crippen molar-refractivity contribution in [3.63, 3.8) is 0 Å². The van der Waals surface area contributed by atoms with Gasteiger partial charge < -0.3 is 25.0 Å². The van der Waals surface area contributed by atoms with Gasteiger partial charge in [0.2, 0.25) is 0 Å². The zero-order valence-electron chi connectivity index (χ0n) is 19.7. The number of nitrogens with zero attached hydrogens (tertiary/aromatic N) is 3. The summed E-state index contributed by atoms with van der Waals surface area (Å²) in [6.07, 6.45) is 6.58. The van der Waals surface area contributed by atoms with Gasteiger partial charge in [0.15, 0.2) is 5.96 Å². The molecule has 0 radical (unpaired) electrons. The highest BCUT2D eigenvalue weighted by Crippen LogP contribution is 2.21. The van der Waals surface area contributed by atoms with Gasteiger partial charge in [-0.2, -0.15) is 0 Å². The van der Waals surface area contributed by atoms with Gasteiger partial charge in [0.05, 0.1) is 6.61 Å². The van der Waals surface area contributed by atoms with Gasteiger partial charge in [-0.1, -0.05) is 12.1 Å². The third kappa shape index (κ3) is 7.41. The fourth-order valence-corrected chi connectivity index (χ4v) is 3.78. The van der Waals surface area contributed by atoms with Crippen LogP contribution in [-0.2, 0) is 17.8 Å². The summed E-state index contributed by atoms with van der Waals surface area (Å²) in [6.45, 7) is 6.93. The molecule has 1 aromatic carbocycles. The quantitative estimate of drug-likeness (QED) is 0.334. The molecular formula is C25H37N5O2. The lowest BCUT2D eigenvalue weighted by Gasteiger charge is -2.28. The average Bonchev–Trinajstić information content (AvgIpc) is 2.83. The number of guanidine groups is 1. The van der Waals surface area contributed by atoms with E-state index >= 15 is 0 Å². The van der Waals surface area contributed by atoms with Crippen molar-refractivity contribution in [1.29, 1.82) is 0 Å². The van der Waals surface area contributed by atoms with Gasteiger partial charge in [-0.3, -0.25) is 4.99 Å². The van der Waals surface area contributed by atoms with Crippen LogP contribution in [0.5, 0.6) is 5.75 Å². The Morgan fingerprint density at radius 1 is 1.06 bits per heavy atom. The number of rotatable bonds is 10. The normalized spacial score (nSPS) is 14.3. The summed E-state index contributed by atoms with van der Waals surface area (Å²) < 4.78 is 11.1. The first-order chi connectivity index (χ1) is 15.7. The Hall–Kier alpha value is -2.80. The van der Waals surface area contributed by atoms with Crippen molar-refractivity contribution in [1.82, 2.24) is 15.6 Å². The van der Waals surface area contributed by atoms with E-state index in [9.17, 15) is 0 Å². The summed E-state index contributed by atoms with van der Waals surface area (Å²) in [5.74, 6) is 2.73. The minimum absolute atomic E-state index is 0.634. The highest BCUT2D eigenvalue weighted by molar-refractivity contribution is 5.79. The number of methoxy groups -OCH3 is 1. The maximum Gasteiger partial charge on any atom is 0.191 e. The second kappa shape index (κ2) is 12.9. The molecule has 0 unspecified atom stereocenters. The molecule has 7 heteroatoms. The molecule has 2 N–H and O–H groups in total. The lowest BCUT2D eigenvalue weighted by atomic mass is 10.1. The zero-order chi connectivity index (χ0) is 22.6. The molecule has 3 rings (SSSR count). The van der Waals surface area contributed by atoms with Crippen molar-refractivity contribution in [2.45, 2.75) is 45.7 Å². The van der Waals surface area contributed by atoms with Crippen LogP contribution in [0.2, 0.25) is 0 Å². The highest BCUT2D eigenvalue weighted by Gasteiger charge is 2.12. The maximum atomic E-state index is 5.99. The molecule has 0 saturated carbocycles. The zero-order valence-corrected chi connectivity index (χ0v) is 19.7. The number of ether oxygens (including phenoxy) is 2. The summed E-state index contributed by atoms with van der Waals surface area (Å²) in [5, 5.41) is 6.82. The number of benzene rings is 1. The first-order valence-electron chi connectivity index (χ1n) is 11.6. The van der Waals surface area contributed by atoms with Crippen LogP contribution >= 0.6 is 0 Å². The number of pyridine rings is 1. The highest BCUT2D eigenvalue weighted by atomic mass is 16.5. The van der Waals surface area contributed by atoms with Crippen LogP contribution in [0.15, 0.2) is 41.5 Å². The van der Waals surface area contributed by atoms with Gasteiger partial charge >= 0.3 is 0 Å². The molecule has 174 valence electrons. The molecule has 0 amide bonds. The molecule has 0 atom stereocenters. The van der Waals surface area contributed by atoms with Gasteiger partial charge in [0.1, 0.15) is 11.6 Å². The van der Waals surface area contributed by atoms with E-state index in [1.807, 2.05) is 6.20 Å². The molecule has 0 spiro atoms. The Labute approximate surface area is 192 Å². The fourth-order valence-electron chi connectivity index (χ4n) is 3.78. The topological polar surface area (TPSA) is 71.0 Å². The largest absolute Gasteiger partial charge is 0.493 e. The predicted molar refractivity (Wildman–Crippen MR) is 131 cm³/mol. The lowest BCUT2D eigenvalue weighted by Crippen LogP contribution is -2.36. The van der Waals surface area contributed by atoms with E-state index in [-0.39, 0.29) is 0 Å². The smallest absolute Gasteiger partial charge is 0.191 e. The number of aliphatic imine (C=N–C) groups is 1.